The van der Waals surface area contributed by atoms with E-state index in [2.05, 4.69) is 35.3 Å². The van der Waals surface area contributed by atoms with Crippen LogP contribution in [0.3, 0.4) is 0 Å². The zero-order chi connectivity index (χ0) is 27.1. The van der Waals surface area contributed by atoms with Gasteiger partial charge in [-0.2, -0.15) is 0 Å². The largest absolute Gasteiger partial charge is 0.383 e. The third-order valence-electron chi connectivity index (χ3n) is 8.11. The number of aliphatic hydroxyl groups is 1. The summed E-state index contributed by atoms with van der Waals surface area (Å²) in [6, 6.07) is 3.17. The van der Waals surface area contributed by atoms with Crippen molar-refractivity contribution in [2.45, 2.75) is 90.7 Å². The van der Waals surface area contributed by atoms with E-state index in [1.165, 1.54) is 6.20 Å². The second kappa shape index (κ2) is 10.8. The lowest BCUT2D eigenvalue weighted by atomic mass is 9.78. The van der Waals surface area contributed by atoms with E-state index in [0.29, 0.717) is 37.1 Å². The fourth-order valence-corrected chi connectivity index (χ4v) is 6.03. The first-order valence-corrected chi connectivity index (χ1v) is 13.1. The summed E-state index contributed by atoms with van der Waals surface area (Å²) in [6.45, 7) is 14.4. The molecule has 2 aliphatic rings. The molecule has 2 aromatic rings. The minimum Gasteiger partial charge on any atom is -0.383 e. The number of halogens is 3. The van der Waals surface area contributed by atoms with Gasteiger partial charge in [0, 0.05) is 35.9 Å². The van der Waals surface area contributed by atoms with E-state index < -0.39 is 29.5 Å². The van der Waals surface area contributed by atoms with Gasteiger partial charge in [-0.15, -0.1) is 0 Å². The highest BCUT2D eigenvalue weighted by molar-refractivity contribution is 6.00. The van der Waals surface area contributed by atoms with E-state index in [-0.39, 0.29) is 23.6 Å². The Morgan fingerprint density at radius 3 is 2.78 bits per heavy atom. The van der Waals surface area contributed by atoms with Crippen LogP contribution in [-0.2, 0) is 23.3 Å². The Kier molecular flexibility index (Phi) is 8.02. The zero-order valence-electron chi connectivity index (χ0n) is 22.3. The maximum atomic E-state index is 14.9. The molecule has 5 atom stereocenters. The first kappa shape index (κ1) is 27.6. The SMILES string of the molecule is C=CN=C(C)c1ccn(C2CC(C)C([C@](C)(O)c3cc(C(F)F)c(F)c4c3CNCC4)O2)c1[C@H](C)CC. The first-order chi connectivity index (χ1) is 17.5. The molecule has 8 heteroatoms. The molecule has 0 bridgehead atoms. The molecule has 1 saturated heterocycles. The van der Waals surface area contributed by atoms with Gasteiger partial charge in [-0.1, -0.05) is 27.4 Å². The first-order valence-electron chi connectivity index (χ1n) is 13.1. The average Bonchev–Trinajstić information content (AvgIpc) is 3.48. The van der Waals surface area contributed by atoms with Crippen LogP contribution in [0.4, 0.5) is 13.2 Å². The normalized spacial score (nSPS) is 24.7. The smallest absolute Gasteiger partial charge is 0.266 e. The van der Waals surface area contributed by atoms with Crippen molar-refractivity contribution in [3.8, 4) is 0 Å². The Morgan fingerprint density at radius 1 is 1.41 bits per heavy atom. The van der Waals surface area contributed by atoms with Crippen LogP contribution in [0.15, 0.2) is 36.1 Å². The van der Waals surface area contributed by atoms with Crippen molar-refractivity contribution in [3.63, 3.8) is 0 Å². The minimum atomic E-state index is -2.97. The number of nitrogens with zero attached hydrogens (tertiary/aromatic N) is 2. The zero-order valence-corrected chi connectivity index (χ0v) is 22.3. The number of hydrogen-bond acceptors (Lipinski definition) is 4. The van der Waals surface area contributed by atoms with Gasteiger partial charge in [0.15, 0.2) is 0 Å². The number of ether oxygens (including phenoxy) is 1. The molecule has 1 aromatic carbocycles. The average molecular weight is 518 g/mol. The number of rotatable bonds is 8. The maximum absolute atomic E-state index is 14.9. The predicted molar refractivity (Wildman–Crippen MR) is 140 cm³/mol. The molecule has 37 heavy (non-hydrogen) atoms. The standard InChI is InChI=1S/C29H38F3N3O2/c1-7-16(3)26-19(18(5)34-8-2)10-12-35(26)24-13-17(4)27(37-24)29(6,36)23-14-21(28(31)32)25(30)20-9-11-33-15-22(20)23/h8,10,12,14,16-17,24,27-28,33,36H,2,7,9,11,13,15H2,1,3-6H3/t16-,17?,24?,27?,29-/m1/s1. The third kappa shape index (κ3) is 4.91. The number of benzene rings is 1. The van der Waals surface area contributed by atoms with Crippen molar-refractivity contribution in [1.29, 1.82) is 0 Å². The number of aliphatic imine (C=N–C) groups is 1. The van der Waals surface area contributed by atoms with Crippen molar-refractivity contribution in [1.82, 2.24) is 9.88 Å². The van der Waals surface area contributed by atoms with Gasteiger partial charge in [-0.05, 0) is 80.3 Å². The summed E-state index contributed by atoms with van der Waals surface area (Å²) in [5.41, 5.74) is 1.87. The Labute approximate surface area is 217 Å². The van der Waals surface area contributed by atoms with Gasteiger partial charge in [0.05, 0.1) is 11.7 Å². The van der Waals surface area contributed by atoms with Crippen molar-refractivity contribution in [2.24, 2.45) is 10.9 Å². The van der Waals surface area contributed by atoms with Crippen LogP contribution in [0.25, 0.3) is 0 Å². The van der Waals surface area contributed by atoms with Crippen LogP contribution in [0.5, 0.6) is 0 Å². The fourth-order valence-electron chi connectivity index (χ4n) is 6.03. The van der Waals surface area contributed by atoms with Crippen LogP contribution in [0.1, 0.15) is 99.5 Å². The highest BCUT2D eigenvalue weighted by Crippen LogP contribution is 2.46. The molecule has 0 amide bonds. The van der Waals surface area contributed by atoms with Gasteiger partial charge in [-0.25, -0.2) is 13.2 Å². The lowest BCUT2D eigenvalue weighted by Crippen LogP contribution is -2.42. The van der Waals surface area contributed by atoms with E-state index in [0.717, 1.165) is 29.5 Å². The molecule has 0 saturated carbocycles. The predicted octanol–water partition coefficient (Wildman–Crippen LogP) is 6.51. The molecule has 2 N–H and O–H groups in total. The van der Waals surface area contributed by atoms with E-state index in [9.17, 15) is 18.3 Å². The summed E-state index contributed by atoms with van der Waals surface area (Å²) in [6.07, 6.45) is 1.40. The van der Waals surface area contributed by atoms with Crippen LogP contribution < -0.4 is 5.32 Å². The molecule has 3 unspecified atom stereocenters. The topological polar surface area (TPSA) is 58.8 Å². The summed E-state index contributed by atoms with van der Waals surface area (Å²) in [5, 5.41) is 15.1. The second-order valence-corrected chi connectivity index (χ2v) is 10.6. The van der Waals surface area contributed by atoms with Gasteiger partial charge in [-0.3, -0.25) is 4.99 Å². The molecule has 1 fully saturated rings. The summed E-state index contributed by atoms with van der Waals surface area (Å²) < 4.78 is 51.2. The summed E-state index contributed by atoms with van der Waals surface area (Å²) in [5.74, 6) is -0.702. The quantitative estimate of drug-likeness (QED) is 0.393. The summed E-state index contributed by atoms with van der Waals surface area (Å²) in [4.78, 5) is 4.38. The van der Waals surface area contributed by atoms with Crippen molar-refractivity contribution in [3.05, 3.63) is 70.4 Å². The maximum Gasteiger partial charge on any atom is 0.266 e. The molecule has 2 aliphatic heterocycles. The second-order valence-electron chi connectivity index (χ2n) is 10.6. The summed E-state index contributed by atoms with van der Waals surface area (Å²) in [7, 11) is 0. The van der Waals surface area contributed by atoms with Crippen LogP contribution >= 0.6 is 0 Å². The fraction of sp³-hybridized carbons (Fsp3) is 0.552. The highest BCUT2D eigenvalue weighted by atomic mass is 19.3. The molecule has 0 aliphatic carbocycles. The van der Waals surface area contributed by atoms with Crippen molar-refractivity contribution < 1.29 is 23.0 Å². The lowest BCUT2D eigenvalue weighted by molar-refractivity contribution is -0.124. The molecular formula is C29H38F3N3O2. The Morgan fingerprint density at radius 2 is 2.14 bits per heavy atom. The molecule has 1 aromatic heterocycles. The van der Waals surface area contributed by atoms with Gasteiger partial charge < -0.3 is 19.7 Å². The Bertz CT molecular complexity index is 1190. The van der Waals surface area contributed by atoms with Gasteiger partial charge >= 0.3 is 0 Å². The molecule has 3 heterocycles. The van der Waals surface area contributed by atoms with E-state index in [4.69, 9.17) is 4.74 Å². The Hall–Kier alpha value is -2.42. The van der Waals surface area contributed by atoms with Crippen LogP contribution in [0.2, 0.25) is 0 Å². The van der Waals surface area contributed by atoms with Crippen molar-refractivity contribution >= 4 is 5.71 Å². The molecule has 0 spiro atoms. The highest BCUT2D eigenvalue weighted by Gasteiger charge is 2.47. The monoisotopic (exact) mass is 517 g/mol. The number of aromatic nitrogens is 1. The number of hydrogen-bond donors (Lipinski definition) is 2. The molecule has 0 radical (unpaired) electrons. The van der Waals surface area contributed by atoms with Crippen molar-refractivity contribution in [2.75, 3.05) is 6.54 Å². The minimum absolute atomic E-state index is 0.0779. The van der Waals surface area contributed by atoms with Gasteiger partial charge in [0.1, 0.15) is 17.6 Å². The molecule has 202 valence electrons. The van der Waals surface area contributed by atoms with Crippen LogP contribution in [-0.4, -0.2) is 28.0 Å². The third-order valence-corrected chi connectivity index (χ3v) is 8.11. The lowest BCUT2D eigenvalue weighted by Gasteiger charge is -2.36. The molecule has 5 nitrogen and oxygen atoms in total. The number of alkyl halides is 2. The van der Waals surface area contributed by atoms with E-state index in [1.807, 2.05) is 26.1 Å². The summed E-state index contributed by atoms with van der Waals surface area (Å²) >= 11 is 0. The molecule has 4 rings (SSSR count). The van der Waals surface area contributed by atoms with E-state index in [1.54, 1.807) is 6.92 Å². The van der Waals surface area contributed by atoms with Crippen LogP contribution in [0, 0.1) is 11.7 Å². The van der Waals surface area contributed by atoms with Gasteiger partial charge in [0.25, 0.3) is 6.43 Å². The van der Waals surface area contributed by atoms with Gasteiger partial charge in [0.2, 0.25) is 0 Å². The number of nitrogens with one attached hydrogen (secondary N) is 1. The Balaban J connectivity index is 1.74. The molecular weight excluding hydrogens is 479 g/mol. The number of fused-ring (bicyclic) bond motifs is 1. The van der Waals surface area contributed by atoms with E-state index >= 15 is 0 Å².